The Bertz CT molecular complexity index is 334. The second-order valence-corrected chi connectivity index (χ2v) is 3.13. The van der Waals surface area contributed by atoms with Crippen molar-refractivity contribution >= 4 is 11.6 Å². The molecule has 1 fully saturated rings. The van der Waals surface area contributed by atoms with Crippen molar-refractivity contribution in [1.82, 2.24) is 5.43 Å². The predicted octanol–water partition coefficient (Wildman–Crippen LogP) is 0.936. The van der Waals surface area contributed by atoms with Crippen LogP contribution in [0.25, 0.3) is 0 Å². The highest BCUT2D eigenvalue weighted by molar-refractivity contribution is 5.81. The Kier molecular flexibility index (Phi) is 2.26. The fourth-order valence-electron chi connectivity index (χ4n) is 1.43. The molecule has 74 valence electrons. The lowest BCUT2D eigenvalue weighted by atomic mass is 10.3. The summed E-state index contributed by atoms with van der Waals surface area (Å²) < 4.78 is 5.05. The van der Waals surface area contributed by atoms with Gasteiger partial charge in [-0.2, -0.15) is 0 Å². The molecule has 0 aromatic heterocycles. The summed E-state index contributed by atoms with van der Waals surface area (Å²) in [6, 6.07) is 7.59. The van der Waals surface area contributed by atoms with Gasteiger partial charge in [-0.1, -0.05) is 0 Å². The van der Waals surface area contributed by atoms with Gasteiger partial charge in [-0.3, -0.25) is 15.2 Å². The summed E-state index contributed by atoms with van der Waals surface area (Å²) in [6.45, 7) is 0.727. The number of ether oxygens (including phenoxy) is 1. The number of amides is 1. The number of hydrogen-bond donors (Lipinski definition) is 1. The fraction of sp³-hybridized carbons (Fsp3) is 0.300. The summed E-state index contributed by atoms with van der Waals surface area (Å²) in [5.74, 6) is 0.889. The molecule has 0 atom stereocenters. The van der Waals surface area contributed by atoms with E-state index in [9.17, 15) is 4.79 Å². The molecule has 1 aromatic carbocycles. The molecule has 1 amide bonds. The molecule has 1 heterocycles. The van der Waals surface area contributed by atoms with E-state index in [1.165, 1.54) is 0 Å². The van der Waals surface area contributed by atoms with Gasteiger partial charge in [0.1, 0.15) is 5.75 Å². The van der Waals surface area contributed by atoms with E-state index >= 15 is 0 Å². The number of hydrogen-bond acceptors (Lipinski definition) is 3. The maximum absolute atomic E-state index is 11.0. The van der Waals surface area contributed by atoms with Crippen LogP contribution < -0.4 is 15.2 Å². The average molecular weight is 192 g/mol. The van der Waals surface area contributed by atoms with Crippen molar-refractivity contribution in [2.45, 2.75) is 6.42 Å². The van der Waals surface area contributed by atoms with Crippen molar-refractivity contribution in [3.8, 4) is 5.75 Å². The van der Waals surface area contributed by atoms with E-state index in [-0.39, 0.29) is 5.91 Å². The van der Waals surface area contributed by atoms with Gasteiger partial charge in [0, 0.05) is 13.0 Å². The Morgan fingerprint density at radius 3 is 2.57 bits per heavy atom. The minimum Gasteiger partial charge on any atom is -0.497 e. The van der Waals surface area contributed by atoms with E-state index in [0.29, 0.717) is 6.42 Å². The quantitative estimate of drug-likeness (QED) is 0.758. The Hall–Kier alpha value is -1.71. The summed E-state index contributed by atoms with van der Waals surface area (Å²) in [4.78, 5) is 11.0. The highest BCUT2D eigenvalue weighted by atomic mass is 16.5. The van der Waals surface area contributed by atoms with E-state index in [1.54, 1.807) is 7.11 Å². The molecule has 0 unspecified atom stereocenters. The monoisotopic (exact) mass is 192 g/mol. The van der Waals surface area contributed by atoms with Gasteiger partial charge in [-0.25, -0.2) is 0 Å². The Labute approximate surface area is 82.4 Å². The molecular formula is C10H12N2O2. The first kappa shape index (κ1) is 8.87. The van der Waals surface area contributed by atoms with Gasteiger partial charge < -0.3 is 4.74 Å². The SMILES string of the molecule is COc1ccc(N2CCC(=O)N2)cc1. The number of nitrogens with one attached hydrogen (secondary N) is 1. The summed E-state index contributed by atoms with van der Waals surface area (Å²) in [5.41, 5.74) is 3.74. The maximum atomic E-state index is 11.0. The van der Waals surface area contributed by atoms with E-state index in [0.717, 1.165) is 18.0 Å². The molecule has 1 saturated heterocycles. The molecule has 1 aliphatic heterocycles. The molecular weight excluding hydrogens is 180 g/mol. The predicted molar refractivity (Wildman–Crippen MR) is 53.1 cm³/mol. The van der Waals surface area contributed by atoms with Crippen LogP contribution in [0.3, 0.4) is 0 Å². The molecule has 2 rings (SSSR count). The van der Waals surface area contributed by atoms with Gasteiger partial charge in [-0.15, -0.1) is 0 Å². The third kappa shape index (κ3) is 1.64. The number of anilines is 1. The Morgan fingerprint density at radius 1 is 1.36 bits per heavy atom. The van der Waals surface area contributed by atoms with Crippen LogP contribution in [0.4, 0.5) is 5.69 Å². The number of rotatable bonds is 2. The number of benzene rings is 1. The van der Waals surface area contributed by atoms with Gasteiger partial charge in [-0.05, 0) is 24.3 Å². The molecule has 1 aliphatic rings. The van der Waals surface area contributed by atoms with Crippen molar-refractivity contribution in [1.29, 1.82) is 0 Å². The van der Waals surface area contributed by atoms with Crippen LogP contribution in [0, 0.1) is 0 Å². The first-order valence-electron chi connectivity index (χ1n) is 4.50. The first-order chi connectivity index (χ1) is 6.79. The third-order valence-corrected chi connectivity index (χ3v) is 2.21. The summed E-state index contributed by atoms with van der Waals surface area (Å²) >= 11 is 0. The average Bonchev–Trinajstić information content (AvgIpc) is 2.65. The minimum atomic E-state index is 0.0702. The Morgan fingerprint density at radius 2 is 2.07 bits per heavy atom. The highest BCUT2D eigenvalue weighted by Crippen LogP contribution is 2.19. The zero-order valence-corrected chi connectivity index (χ0v) is 7.99. The fourth-order valence-corrected chi connectivity index (χ4v) is 1.43. The normalized spacial score (nSPS) is 15.5. The molecule has 0 spiro atoms. The lowest BCUT2D eigenvalue weighted by Gasteiger charge is -2.17. The van der Waals surface area contributed by atoms with Crippen LogP contribution in [-0.4, -0.2) is 19.6 Å². The van der Waals surface area contributed by atoms with Crippen LogP contribution in [0.1, 0.15) is 6.42 Å². The van der Waals surface area contributed by atoms with Gasteiger partial charge in [0.25, 0.3) is 0 Å². The standard InChI is InChI=1S/C10H12N2O2/c1-14-9-4-2-8(3-5-9)12-7-6-10(13)11-12/h2-5H,6-7H2,1H3,(H,11,13). The number of methoxy groups -OCH3 is 1. The largest absolute Gasteiger partial charge is 0.497 e. The molecule has 0 bridgehead atoms. The zero-order chi connectivity index (χ0) is 9.97. The van der Waals surface area contributed by atoms with Crippen molar-refractivity contribution in [3.05, 3.63) is 24.3 Å². The van der Waals surface area contributed by atoms with Gasteiger partial charge in [0.2, 0.25) is 5.91 Å². The second kappa shape index (κ2) is 3.57. The summed E-state index contributed by atoms with van der Waals surface area (Å²) in [6.07, 6.45) is 0.562. The van der Waals surface area contributed by atoms with Gasteiger partial charge >= 0.3 is 0 Å². The molecule has 1 N–H and O–H groups in total. The number of hydrazine groups is 1. The van der Waals surface area contributed by atoms with E-state index < -0.39 is 0 Å². The minimum absolute atomic E-state index is 0.0702. The lowest BCUT2D eigenvalue weighted by Crippen LogP contribution is -2.32. The molecule has 14 heavy (non-hydrogen) atoms. The van der Waals surface area contributed by atoms with E-state index in [2.05, 4.69) is 5.43 Å². The second-order valence-electron chi connectivity index (χ2n) is 3.13. The lowest BCUT2D eigenvalue weighted by molar-refractivity contribution is -0.119. The van der Waals surface area contributed by atoms with Crippen molar-refractivity contribution in [2.75, 3.05) is 18.7 Å². The summed E-state index contributed by atoms with van der Waals surface area (Å²) in [5, 5.41) is 1.84. The number of carbonyl (C=O) groups is 1. The summed E-state index contributed by atoms with van der Waals surface area (Å²) in [7, 11) is 1.63. The maximum Gasteiger partial charge on any atom is 0.240 e. The molecule has 0 aliphatic carbocycles. The molecule has 0 saturated carbocycles. The van der Waals surface area contributed by atoms with Crippen LogP contribution in [0.5, 0.6) is 5.75 Å². The van der Waals surface area contributed by atoms with E-state index in [1.807, 2.05) is 29.3 Å². The molecule has 1 aromatic rings. The van der Waals surface area contributed by atoms with Gasteiger partial charge in [0.05, 0.1) is 12.8 Å². The third-order valence-electron chi connectivity index (χ3n) is 2.21. The smallest absolute Gasteiger partial charge is 0.240 e. The van der Waals surface area contributed by atoms with Crippen LogP contribution in [0.15, 0.2) is 24.3 Å². The molecule has 0 radical (unpaired) electrons. The zero-order valence-electron chi connectivity index (χ0n) is 7.99. The number of carbonyl (C=O) groups excluding carboxylic acids is 1. The van der Waals surface area contributed by atoms with Crippen LogP contribution >= 0.6 is 0 Å². The van der Waals surface area contributed by atoms with Crippen molar-refractivity contribution in [2.24, 2.45) is 0 Å². The molecule has 4 nitrogen and oxygen atoms in total. The van der Waals surface area contributed by atoms with E-state index in [4.69, 9.17) is 4.74 Å². The number of nitrogens with zero attached hydrogens (tertiary/aromatic N) is 1. The molecule has 4 heteroatoms. The van der Waals surface area contributed by atoms with Gasteiger partial charge in [0.15, 0.2) is 0 Å². The van der Waals surface area contributed by atoms with Crippen molar-refractivity contribution < 1.29 is 9.53 Å². The first-order valence-corrected chi connectivity index (χ1v) is 4.50. The topological polar surface area (TPSA) is 41.6 Å². The van der Waals surface area contributed by atoms with Crippen LogP contribution in [-0.2, 0) is 4.79 Å². The van der Waals surface area contributed by atoms with Crippen molar-refractivity contribution in [3.63, 3.8) is 0 Å². The Balaban J connectivity index is 2.13. The van der Waals surface area contributed by atoms with Crippen LogP contribution in [0.2, 0.25) is 0 Å². The highest BCUT2D eigenvalue weighted by Gasteiger charge is 2.18.